The minimum atomic E-state index is -0.107. The van der Waals surface area contributed by atoms with Gasteiger partial charge in [0, 0.05) is 16.7 Å². The smallest absolute Gasteiger partial charge is 0.252 e. The van der Waals surface area contributed by atoms with Gasteiger partial charge < -0.3 is 10.4 Å². The number of nitrogens with one attached hydrogen (secondary N) is 1. The molecule has 2 N–H and O–H groups in total. The van der Waals surface area contributed by atoms with Crippen molar-refractivity contribution in [2.75, 3.05) is 6.61 Å². The highest BCUT2D eigenvalue weighted by Gasteiger charge is 2.09. The molecule has 6 heteroatoms. The van der Waals surface area contributed by atoms with Gasteiger partial charge in [0.15, 0.2) is 0 Å². The van der Waals surface area contributed by atoms with Crippen LogP contribution in [0.4, 0.5) is 0 Å². The molecule has 0 atom stereocenters. The van der Waals surface area contributed by atoms with Gasteiger partial charge in [-0.15, -0.1) is 22.7 Å². The summed E-state index contributed by atoms with van der Waals surface area (Å²) >= 11 is 2.97. The van der Waals surface area contributed by atoms with E-state index in [1.54, 1.807) is 17.0 Å². The number of aliphatic hydroxyl groups excluding tert-OH is 1. The molecule has 104 valence electrons. The highest BCUT2D eigenvalue weighted by molar-refractivity contribution is 7.10. The van der Waals surface area contributed by atoms with Gasteiger partial charge in [0.2, 0.25) is 0 Å². The molecular formula is C14H14N2O2S2. The predicted octanol–water partition coefficient (Wildman–Crippen LogP) is 2.18. The van der Waals surface area contributed by atoms with Gasteiger partial charge in [-0.25, -0.2) is 4.98 Å². The summed E-state index contributed by atoms with van der Waals surface area (Å²) in [7, 11) is 0. The van der Waals surface area contributed by atoms with Crippen LogP contribution < -0.4 is 5.32 Å². The van der Waals surface area contributed by atoms with Gasteiger partial charge in [-0.2, -0.15) is 0 Å². The number of thiazole rings is 1. The number of hydrogen-bond acceptors (Lipinski definition) is 5. The fourth-order valence-corrected chi connectivity index (χ4v) is 2.96. The van der Waals surface area contributed by atoms with E-state index in [4.69, 9.17) is 5.11 Å². The van der Waals surface area contributed by atoms with Crippen molar-refractivity contribution in [3.8, 4) is 11.8 Å². The molecule has 0 aliphatic rings. The lowest BCUT2D eigenvalue weighted by Crippen LogP contribution is -2.22. The molecule has 2 aromatic heterocycles. The standard InChI is InChI=1S/C14H14N2O2S2/c1-10-13(20-9-16-10)7-15-14(18)11-6-12(19-8-11)4-2-3-5-17/h6,8-9,17H,3,5,7H2,1H3,(H,15,18). The Kier molecular flexibility index (Phi) is 5.30. The highest BCUT2D eigenvalue weighted by Crippen LogP contribution is 2.15. The van der Waals surface area contributed by atoms with E-state index in [2.05, 4.69) is 22.1 Å². The number of aryl methyl sites for hydroxylation is 1. The third kappa shape index (κ3) is 3.90. The molecule has 0 fully saturated rings. The van der Waals surface area contributed by atoms with Crippen LogP contribution in [0.2, 0.25) is 0 Å². The van der Waals surface area contributed by atoms with E-state index in [9.17, 15) is 4.79 Å². The molecule has 0 spiro atoms. The molecule has 0 aliphatic heterocycles. The summed E-state index contributed by atoms with van der Waals surface area (Å²) in [6, 6.07) is 1.77. The van der Waals surface area contributed by atoms with E-state index in [1.807, 2.05) is 6.92 Å². The number of amides is 1. The number of aliphatic hydroxyl groups is 1. The van der Waals surface area contributed by atoms with Crippen molar-refractivity contribution in [2.45, 2.75) is 19.9 Å². The molecule has 2 heterocycles. The molecule has 2 rings (SSSR count). The summed E-state index contributed by atoms with van der Waals surface area (Å²) in [6.07, 6.45) is 0.448. The van der Waals surface area contributed by atoms with Crippen molar-refractivity contribution in [3.63, 3.8) is 0 Å². The first kappa shape index (κ1) is 14.7. The van der Waals surface area contributed by atoms with Gasteiger partial charge in [0.1, 0.15) is 0 Å². The average Bonchev–Trinajstić information content (AvgIpc) is 3.06. The van der Waals surface area contributed by atoms with Crippen LogP contribution in [-0.4, -0.2) is 22.6 Å². The van der Waals surface area contributed by atoms with Crippen LogP contribution in [0, 0.1) is 18.8 Å². The molecule has 4 nitrogen and oxygen atoms in total. The molecule has 0 bridgehead atoms. The molecule has 20 heavy (non-hydrogen) atoms. The summed E-state index contributed by atoms with van der Waals surface area (Å²) in [6.45, 7) is 2.48. The topological polar surface area (TPSA) is 62.2 Å². The maximum Gasteiger partial charge on any atom is 0.252 e. The Bertz CT molecular complexity index is 649. The lowest BCUT2D eigenvalue weighted by molar-refractivity contribution is 0.0951. The Balaban J connectivity index is 1.93. The third-order valence-electron chi connectivity index (χ3n) is 2.56. The maximum absolute atomic E-state index is 12.0. The van der Waals surface area contributed by atoms with Gasteiger partial charge in [0.25, 0.3) is 5.91 Å². The monoisotopic (exact) mass is 306 g/mol. The second-order valence-corrected chi connectivity index (χ2v) is 5.87. The summed E-state index contributed by atoms with van der Waals surface area (Å²) < 4.78 is 0. The predicted molar refractivity (Wildman–Crippen MR) is 80.9 cm³/mol. The van der Waals surface area contributed by atoms with Crippen LogP contribution in [0.25, 0.3) is 0 Å². The highest BCUT2D eigenvalue weighted by atomic mass is 32.1. The van der Waals surface area contributed by atoms with E-state index in [0.29, 0.717) is 18.5 Å². The quantitative estimate of drug-likeness (QED) is 0.851. The number of carbonyl (C=O) groups is 1. The number of rotatable bonds is 4. The number of aromatic nitrogens is 1. The Morgan fingerprint density at radius 3 is 3.05 bits per heavy atom. The normalized spacial score (nSPS) is 9.90. The Hall–Kier alpha value is -1.68. The SMILES string of the molecule is Cc1ncsc1CNC(=O)c1csc(C#CCCO)c1. The zero-order chi connectivity index (χ0) is 14.4. The summed E-state index contributed by atoms with van der Waals surface area (Å²) in [4.78, 5) is 18.0. The molecular weight excluding hydrogens is 292 g/mol. The lowest BCUT2D eigenvalue weighted by Gasteiger charge is -2.01. The van der Waals surface area contributed by atoms with Crippen molar-refractivity contribution in [1.82, 2.24) is 10.3 Å². The van der Waals surface area contributed by atoms with Crippen LogP contribution >= 0.6 is 22.7 Å². The van der Waals surface area contributed by atoms with Crippen LogP contribution in [-0.2, 0) is 6.54 Å². The molecule has 0 unspecified atom stereocenters. The third-order valence-corrected chi connectivity index (χ3v) is 4.35. The van der Waals surface area contributed by atoms with E-state index in [-0.39, 0.29) is 12.5 Å². The average molecular weight is 306 g/mol. The zero-order valence-electron chi connectivity index (χ0n) is 11.0. The maximum atomic E-state index is 12.0. The first-order valence-electron chi connectivity index (χ1n) is 6.06. The zero-order valence-corrected chi connectivity index (χ0v) is 12.6. The van der Waals surface area contributed by atoms with E-state index in [1.165, 1.54) is 22.7 Å². The van der Waals surface area contributed by atoms with Crippen molar-refractivity contribution >= 4 is 28.6 Å². The minimum absolute atomic E-state index is 0.0555. The lowest BCUT2D eigenvalue weighted by atomic mass is 10.3. The van der Waals surface area contributed by atoms with Gasteiger partial charge in [-0.3, -0.25) is 4.79 Å². The summed E-state index contributed by atoms with van der Waals surface area (Å²) in [5.41, 5.74) is 3.35. The first-order chi connectivity index (χ1) is 9.70. The number of thiophene rings is 1. The van der Waals surface area contributed by atoms with E-state index < -0.39 is 0 Å². The van der Waals surface area contributed by atoms with E-state index in [0.717, 1.165) is 15.4 Å². The van der Waals surface area contributed by atoms with Crippen molar-refractivity contribution < 1.29 is 9.90 Å². The number of nitrogens with zero attached hydrogens (tertiary/aromatic N) is 1. The van der Waals surface area contributed by atoms with Crippen LogP contribution in [0.3, 0.4) is 0 Å². The second-order valence-electron chi connectivity index (χ2n) is 4.02. The molecule has 0 aromatic carbocycles. The van der Waals surface area contributed by atoms with Crippen molar-refractivity contribution in [2.24, 2.45) is 0 Å². The Labute approximate surface area is 125 Å². The Morgan fingerprint density at radius 1 is 1.50 bits per heavy atom. The summed E-state index contributed by atoms with van der Waals surface area (Å²) in [5.74, 6) is 5.65. The van der Waals surface area contributed by atoms with Crippen LogP contribution in [0.5, 0.6) is 0 Å². The minimum Gasteiger partial charge on any atom is -0.395 e. The molecule has 0 aliphatic carbocycles. The molecule has 0 saturated carbocycles. The van der Waals surface area contributed by atoms with Gasteiger partial charge in [-0.1, -0.05) is 11.8 Å². The van der Waals surface area contributed by atoms with Gasteiger partial charge in [-0.05, 0) is 13.0 Å². The van der Waals surface area contributed by atoms with Crippen LogP contribution in [0.1, 0.15) is 32.2 Å². The molecule has 2 aromatic rings. The van der Waals surface area contributed by atoms with Crippen LogP contribution in [0.15, 0.2) is 17.0 Å². The number of carbonyl (C=O) groups excluding carboxylic acids is 1. The van der Waals surface area contributed by atoms with Gasteiger partial charge >= 0.3 is 0 Å². The first-order valence-corrected chi connectivity index (χ1v) is 7.82. The van der Waals surface area contributed by atoms with Crippen molar-refractivity contribution in [3.05, 3.63) is 38.0 Å². The molecule has 0 radical (unpaired) electrons. The second kappa shape index (κ2) is 7.20. The summed E-state index contributed by atoms with van der Waals surface area (Å²) in [5, 5.41) is 13.3. The fourth-order valence-electron chi connectivity index (χ4n) is 1.48. The van der Waals surface area contributed by atoms with E-state index >= 15 is 0 Å². The molecule has 1 amide bonds. The Morgan fingerprint density at radius 2 is 2.35 bits per heavy atom. The fraction of sp³-hybridized carbons (Fsp3) is 0.286. The number of hydrogen-bond donors (Lipinski definition) is 2. The largest absolute Gasteiger partial charge is 0.395 e. The van der Waals surface area contributed by atoms with Gasteiger partial charge in [0.05, 0.1) is 34.8 Å². The van der Waals surface area contributed by atoms with Crippen molar-refractivity contribution in [1.29, 1.82) is 0 Å². The molecule has 0 saturated heterocycles.